The van der Waals surface area contributed by atoms with Gasteiger partial charge < -0.3 is 4.52 Å². The molecule has 0 saturated heterocycles. The van der Waals surface area contributed by atoms with Crippen molar-refractivity contribution < 1.29 is 17.7 Å². The maximum absolute atomic E-state index is 12.5. The molecule has 0 aliphatic carbocycles. The number of hydrogen-bond donors (Lipinski definition) is 0. The third-order valence-electron chi connectivity index (χ3n) is 3.08. The second-order valence-corrected chi connectivity index (χ2v) is 4.52. The Kier molecular flexibility index (Phi) is 3.25. The Morgan fingerprint density at radius 2 is 1.48 bits per heavy atom. The van der Waals surface area contributed by atoms with Crippen LogP contribution >= 0.6 is 0 Å². The lowest BCUT2D eigenvalue weighted by molar-refractivity contribution is -0.137. The summed E-state index contributed by atoms with van der Waals surface area (Å²) in [6.45, 7) is 0. The van der Waals surface area contributed by atoms with Gasteiger partial charge in [0.1, 0.15) is 5.69 Å². The first-order chi connectivity index (χ1) is 10.0. The quantitative estimate of drug-likeness (QED) is 0.661. The van der Waals surface area contributed by atoms with Crippen molar-refractivity contribution in [3.63, 3.8) is 0 Å². The summed E-state index contributed by atoms with van der Waals surface area (Å²) in [5.74, 6) is 0.433. The van der Waals surface area contributed by atoms with Gasteiger partial charge >= 0.3 is 6.18 Å². The van der Waals surface area contributed by atoms with Crippen LogP contribution in [0.4, 0.5) is 13.2 Å². The Bertz CT molecular complexity index is 730. The second-order valence-electron chi connectivity index (χ2n) is 4.52. The molecule has 2 nitrogen and oxygen atoms in total. The normalized spacial score (nSPS) is 11.6. The molecule has 0 unspecified atom stereocenters. The standard InChI is InChI=1S/C16H10F3NO/c17-16(18,19)13-8-6-12(7-9-13)15-10-14(20-21-15)11-4-2-1-3-5-11/h1-10H. The third kappa shape index (κ3) is 2.81. The highest BCUT2D eigenvalue weighted by Crippen LogP contribution is 2.32. The van der Waals surface area contributed by atoms with E-state index in [9.17, 15) is 13.2 Å². The van der Waals surface area contributed by atoms with E-state index in [1.54, 1.807) is 6.07 Å². The molecule has 0 amide bonds. The van der Waals surface area contributed by atoms with Crippen molar-refractivity contribution in [2.24, 2.45) is 0 Å². The van der Waals surface area contributed by atoms with Crippen molar-refractivity contribution in [2.45, 2.75) is 6.18 Å². The van der Waals surface area contributed by atoms with Crippen molar-refractivity contribution in [1.82, 2.24) is 5.16 Å². The number of benzene rings is 2. The molecule has 5 heteroatoms. The fourth-order valence-corrected chi connectivity index (χ4v) is 1.98. The molecule has 21 heavy (non-hydrogen) atoms. The van der Waals surface area contributed by atoms with E-state index >= 15 is 0 Å². The van der Waals surface area contributed by atoms with Crippen molar-refractivity contribution in [3.8, 4) is 22.6 Å². The molecule has 0 saturated carbocycles. The lowest BCUT2D eigenvalue weighted by Crippen LogP contribution is -2.03. The fraction of sp³-hybridized carbons (Fsp3) is 0.0625. The van der Waals surface area contributed by atoms with E-state index in [1.165, 1.54) is 12.1 Å². The van der Waals surface area contributed by atoms with Gasteiger partial charge in [0.2, 0.25) is 0 Å². The molecule has 1 aromatic heterocycles. The van der Waals surface area contributed by atoms with Crippen molar-refractivity contribution in [2.75, 3.05) is 0 Å². The minimum atomic E-state index is -4.34. The average molecular weight is 289 g/mol. The van der Waals surface area contributed by atoms with Crippen LogP contribution in [-0.4, -0.2) is 5.16 Å². The number of alkyl halides is 3. The van der Waals surface area contributed by atoms with Crippen LogP contribution in [0.2, 0.25) is 0 Å². The molecule has 3 aromatic rings. The maximum atomic E-state index is 12.5. The van der Waals surface area contributed by atoms with Gasteiger partial charge in [0, 0.05) is 17.2 Å². The lowest BCUT2D eigenvalue weighted by atomic mass is 10.1. The summed E-state index contributed by atoms with van der Waals surface area (Å²) in [6, 6.07) is 15.9. The molecule has 2 aromatic carbocycles. The molecule has 0 fully saturated rings. The van der Waals surface area contributed by atoms with Gasteiger partial charge in [0.25, 0.3) is 0 Å². The van der Waals surface area contributed by atoms with E-state index in [0.29, 0.717) is 17.0 Å². The van der Waals surface area contributed by atoms with Gasteiger partial charge in [-0.25, -0.2) is 0 Å². The molecule has 3 rings (SSSR count). The van der Waals surface area contributed by atoms with Crippen LogP contribution in [0.5, 0.6) is 0 Å². The molecule has 0 N–H and O–H groups in total. The minimum Gasteiger partial charge on any atom is -0.356 e. The van der Waals surface area contributed by atoms with Gasteiger partial charge in [-0.3, -0.25) is 0 Å². The van der Waals surface area contributed by atoms with Gasteiger partial charge in [-0.1, -0.05) is 47.6 Å². The van der Waals surface area contributed by atoms with Crippen molar-refractivity contribution >= 4 is 0 Å². The number of aromatic nitrogens is 1. The summed E-state index contributed by atoms with van der Waals surface area (Å²) in [5.41, 5.74) is 1.40. The van der Waals surface area contributed by atoms with E-state index in [4.69, 9.17) is 4.52 Å². The van der Waals surface area contributed by atoms with E-state index in [1.807, 2.05) is 30.3 Å². The smallest absolute Gasteiger partial charge is 0.356 e. The first-order valence-electron chi connectivity index (χ1n) is 6.24. The number of halogens is 3. The Morgan fingerprint density at radius 3 is 2.10 bits per heavy atom. The molecule has 0 aliphatic heterocycles. The topological polar surface area (TPSA) is 26.0 Å². The number of rotatable bonds is 2. The molecule has 0 atom stereocenters. The van der Waals surface area contributed by atoms with Crippen LogP contribution in [0, 0.1) is 0 Å². The zero-order chi connectivity index (χ0) is 14.9. The Hall–Kier alpha value is -2.56. The molecule has 0 spiro atoms. The average Bonchev–Trinajstić information content (AvgIpc) is 2.97. The molecule has 0 radical (unpaired) electrons. The summed E-state index contributed by atoms with van der Waals surface area (Å²) in [6.07, 6.45) is -4.34. The molecule has 0 aliphatic rings. The minimum absolute atomic E-state index is 0.433. The summed E-state index contributed by atoms with van der Waals surface area (Å²) >= 11 is 0. The van der Waals surface area contributed by atoms with Gasteiger partial charge in [-0.05, 0) is 12.1 Å². The van der Waals surface area contributed by atoms with E-state index in [0.717, 1.165) is 17.7 Å². The number of hydrogen-bond acceptors (Lipinski definition) is 2. The SMILES string of the molecule is FC(F)(F)c1ccc(-c2cc(-c3ccccc3)no2)cc1. The Balaban J connectivity index is 1.90. The number of nitrogens with zero attached hydrogens (tertiary/aromatic N) is 1. The van der Waals surface area contributed by atoms with E-state index in [2.05, 4.69) is 5.16 Å². The van der Waals surface area contributed by atoms with E-state index < -0.39 is 11.7 Å². The third-order valence-corrected chi connectivity index (χ3v) is 3.08. The lowest BCUT2D eigenvalue weighted by Gasteiger charge is -2.06. The zero-order valence-corrected chi connectivity index (χ0v) is 10.8. The molecular weight excluding hydrogens is 279 g/mol. The second kappa shape index (κ2) is 5.09. The van der Waals surface area contributed by atoms with E-state index in [-0.39, 0.29) is 0 Å². The van der Waals surface area contributed by atoms with Gasteiger partial charge in [-0.2, -0.15) is 13.2 Å². The molecule has 0 bridgehead atoms. The van der Waals surface area contributed by atoms with Crippen molar-refractivity contribution in [3.05, 3.63) is 66.2 Å². The van der Waals surface area contributed by atoms with Gasteiger partial charge in [0.05, 0.1) is 5.56 Å². The maximum Gasteiger partial charge on any atom is 0.416 e. The molecular formula is C16H10F3NO. The summed E-state index contributed by atoms with van der Waals surface area (Å²) in [4.78, 5) is 0. The van der Waals surface area contributed by atoms with Crippen LogP contribution in [-0.2, 0) is 6.18 Å². The Labute approximate surface area is 118 Å². The van der Waals surface area contributed by atoms with Crippen LogP contribution in [0.15, 0.2) is 65.2 Å². The summed E-state index contributed by atoms with van der Waals surface area (Å²) in [5, 5.41) is 3.94. The Morgan fingerprint density at radius 1 is 0.810 bits per heavy atom. The fourth-order valence-electron chi connectivity index (χ4n) is 1.98. The first-order valence-corrected chi connectivity index (χ1v) is 6.24. The van der Waals surface area contributed by atoms with Gasteiger partial charge in [0.15, 0.2) is 5.76 Å². The highest BCUT2D eigenvalue weighted by Gasteiger charge is 2.30. The summed E-state index contributed by atoms with van der Waals surface area (Å²) in [7, 11) is 0. The van der Waals surface area contributed by atoms with Crippen molar-refractivity contribution in [1.29, 1.82) is 0 Å². The molecule has 106 valence electrons. The van der Waals surface area contributed by atoms with Crippen LogP contribution in [0.25, 0.3) is 22.6 Å². The summed E-state index contributed by atoms with van der Waals surface area (Å²) < 4.78 is 42.7. The van der Waals surface area contributed by atoms with Gasteiger partial charge in [-0.15, -0.1) is 0 Å². The molecule has 1 heterocycles. The predicted molar refractivity (Wildman–Crippen MR) is 72.4 cm³/mol. The monoisotopic (exact) mass is 289 g/mol. The highest BCUT2D eigenvalue weighted by atomic mass is 19.4. The van der Waals surface area contributed by atoms with Crippen LogP contribution < -0.4 is 0 Å². The first kappa shape index (κ1) is 13.4. The largest absolute Gasteiger partial charge is 0.416 e. The predicted octanol–water partition coefficient (Wildman–Crippen LogP) is 5.03. The van der Waals surface area contributed by atoms with Crippen LogP contribution in [0.3, 0.4) is 0 Å². The zero-order valence-electron chi connectivity index (χ0n) is 10.8. The van der Waals surface area contributed by atoms with Crippen LogP contribution in [0.1, 0.15) is 5.56 Å². The highest BCUT2D eigenvalue weighted by molar-refractivity contribution is 5.66.